The average molecular weight is 292 g/mol. The van der Waals surface area contributed by atoms with E-state index in [2.05, 4.69) is 81.1 Å². The molecule has 1 fully saturated rings. The van der Waals surface area contributed by atoms with Gasteiger partial charge in [0.2, 0.25) is 0 Å². The third-order valence-electron chi connectivity index (χ3n) is 4.27. The molecule has 0 saturated carbocycles. The highest BCUT2D eigenvalue weighted by Gasteiger charge is 2.28. The molecule has 0 radical (unpaired) electrons. The molecule has 2 unspecified atom stereocenters. The fraction of sp³-hybridized carbons (Fsp3) is 0.647. The number of benzene rings is 1. The van der Waals surface area contributed by atoms with Gasteiger partial charge in [0.05, 0.1) is 0 Å². The highest BCUT2D eigenvalue weighted by molar-refractivity contribution is 7.99. The second-order valence-electron chi connectivity index (χ2n) is 6.76. The zero-order valence-corrected chi connectivity index (χ0v) is 14.3. The number of likely N-dealkylation sites (N-methyl/N-ethyl adjacent to an activating group) is 2. The van der Waals surface area contributed by atoms with Crippen LogP contribution in [0.3, 0.4) is 0 Å². The van der Waals surface area contributed by atoms with Gasteiger partial charge in [-0.25, -0.2) is 0 Å². The van der Waals surface area contributed by atoms with Gasteiger partial charge in [-0.1, -0.05) is 45.0 Å². The maximum Gasteiger partial charge on any atom is 0.0483 e. The van der Waals surface area contributed by atoms with Crippen LogP contribution < -0.4 is 5.32 Å². The molecule has 0 aliphatic carbocycles. The molecule has 1 saturated heterocycles. The molecule has 1 aromatic rings. The summed E-state index contributed by atoms with van der Waals surface area (Å²) < 4.78 is 0. The molecule has 1 aromatic carbocycles. The lowest BCUT2D eigenvalue weighted by Crippen LogP contribution is -2.47. The van der Waals surface area contributed by atoms with E-state index in [0.29, 0.717) is 12.1 Å². The zero-order valence-electron chi connectivity index (χ0n) is 13.4. The van der Waals surface area contributed by atoms with E-state index < -0.39 is 0 Å². The molecule has 2 nitrogen and oxygen atoms in total. The molecule has 0 aromatic heterocycles. The summed E-state index contributed by atoms with van der Waals surface area (Å²) in [4.78, 5) is 2.50. The van der Waals surface area contributed by atoms with Gasteiger partial charge in [0.1, 0.15) is 0 Å². The van der Waals surface area contributed by atoms with Gasteiger partial charge in [0, 0.05) is 30.1 Å². The fourth-order valence-corrected chi connectivity index (χ4v) is 4.10. The lowest BCUT2D eigenvalue weighted by molar-refractivity contribution is 0.221. The van der Waals surface area contributed by atoms with Crippen LogP contribution in [0.1, 0.15) is 37.9 Å². The second kappa shape index (κ2) is 6.50. The van der Waals surface area contributed by atoms with Gasteiger partial charge in [0.25, 0.3) is 0 Å². The van der Waals surface area contributed by atoms with Crippen molar-refractivity contribution >= 4 is 11.8 Å². The van der Waals surface area contributed by atoms with Crippen LogP contribution in [0.5, 0.6) is 0 Å². The van der Waals surface area contributed by atoms with Gasteiger partial charge < -0.3 is 5.32 Å². The molecule has 20 heavy (non-hydrogen) atoms. The molecule has 1 aliphatic heterocycles. The lowest BCUT2D eigenvalue weighted by Gasteiger charge is -2.38. The predicted molar refractivity (Wildman–Crippen MR) is 90.7 cm³/mol. The van der Waals surface area contributed by atoms with Crippen molar-refractivity contribution in [2.45, 2.75) is 38.3 Å². The van der Waals surface area contributed by atoms with Crippen molar-refractivity contribution in [2.24, 2.45) is 0 Å². The Balaban J connectivity index is 2.19. The van der Waals surface area contributed by atoms with Crippen molar-refractivity contribution in [1.82, 2.24) is 10.2 Å². The van der Waals surface area contributed by atoms with Gasteiger partial charge in [-0.15, -0.1) is 0 Å². The van der Waals surface area contributed by atoms with Gasteiger partial charge in [-0.05, 0) is 30.6 Å². The van der Waals surface area contributed by atoms with Crippen LogP contribution in [-0.2, 0) is 5.41 Å². The fourth-order valence-electron chi connectivity index (χ4n) is 2.83. The summed E-state index contributed by atoms with van der Waals surface area (Å²) in [6, 6.07) is 10.2. The minimum atomic E-state index is 0.227. The third-order valence-corrected chi connectivity index (χ3v) is 5.32. The number of thioether (sulfide) groups is 1. The normalized spacial score (nSPS) is 22.8. The minimum absolute atomic E-state index is 0.227. The summed E-state index contributed by atoms with van der Waals surface area (Å²) in [5.74, 6) is 2.47. The number of nitrogens with one attached hydrogen (secondary N) is 1. The SMILES string of the molecule is CNC(c1ccc(C(C)(C)C)cc1)C1CSCCN1C. The Labute approximate surface area is 128 Å². The lowest BCUT2D eigenvalue weighted by atomic mass is 9.86. The first kappa shape index (κ1) is 15.9. The molecule has 112 valence electrons. The Kier molecular flexibility index (Phi) is 5.16. The predicted octanol–water partition coefficient (Wildman–Crippen LogP) is 3.29. The maximum absolute atomic E-state index is 3.52. The van der Waals surface area contributed by atoms with E-state index in [1.165, 1.54) is 29.2 Å². The molecule has 0 amide bonds. The number of rotatable bonds is 3. The maximum atomic E-state index is 3.52. The Morgan fingerprint density at radius 3 is 2.40 bits per heavy atom. The number of hydrogen-bond donors (Lipinski definition) is 1. The first-order valence-electron chi connectivity index (χ1n) is 7.49. The average Bonchev–Trinajstić information content (AvgIpc) is 2.41. The van der Waals surface area contributed by atoms with Crippen LogP contribution >= 0.6 is 11.8 Å². The topological polar surface area (TPSA) is 15.3 Å². The highest BCUT2D eigenvalue weighted by atomic mass is 32.2. The molecule has 1 heterocycles. The highest BCUT2D eigenvalue weighted by Crippen LogP contribution is 2.29. The Hall–Kier alpha value is -0.510. The van der Waals surface area contributed by atoms with Gasteiger partial charge in [-0.2, -0.15) is 11.8 Å². The Morgan fingerprint density at radius 2 is 1.90 bits per heavy atom. The van der Waals surface area contributed by atoms with E-state index in [1.807, 2.05) is 0 Å². The monoisotopic (exact) mass is 292 g/mol. The standard InChI is InChI=1S/C17H28N2S/c1-17(2,3)14-8-6-13(7-9-14)16(18-4)15-12-20-11-10-19(15)5/h6-9,15-16,18H,10-12H2,1-5H3. The molecule has 3 heteroatoms. The van der Waals surface area contributed by atoms with Gasteiger partial charge in [-0.3, -0.25) is 4.90 Å². The quantitative estimate of drug-likeness (QED) is 0.920. The number of nitrogens with zero attached hydrogens (tertiary/aromatic N) is 1. The van der Waals surface area contributed by atoms with E-state index >= 15 is 0 Å². The Bertz CT molecular complexity index is 422. The summed E-state index contributed by atoms with van der Waals surface area (Å²) in [6.07, 6.45) is 0. The van der Waals surface area contributed by atoms with Crippen molar-refractivity contribution in [3.63, 3.8) is 0 Å². The molecular weight excluding hydrogens is 264 g/mol. The first-order chi connectivity index (χ1) is 9.43. The van der Waals surface area contributed by atoms with E-state index in [9.17, 15) is 0 Å². The van der Waals surface area contributed by atoms with Gasteiger partial charge in [0.15, 0.2) is 0 Å². The minimum Gasteiger partial charge on any atom is -0.312 e. The summed E-state index contributed by atoms with van der Waals surface area (Å²) in [7, 11) is 4.33. The van der Waals surface area contributed by atoms with Crippen LogP contribution in [0.2, 0.25) is 0 Å². The smallest absolute Gasteiger partial charge is 0.0483 e. The molecule has 0 bridgehead atoms. The molecule has 2 rings (SSSR count). The van der Waals surface area contributed by atoms with E-state index in [-0.39, 0.29) is 5.41 Å². The largest absolute Gasteiger partial charge is 0.312 e. The molecule has 1 N–H and O–H groups in total. The zero-order chi connectivity index (χ0) is 14.8. The number of hydrogen-bond acceptors (Lipinski definition) is 3. The van der Waals surface area contributed by atoms with Crippen LogP contribution in [-0.4, -0.2) is 43.1 Å². The van der Waals surface area contributed by atoms with Crippen molar-refractivity contribution in [3.05, 3.63) is 35.4 Å². The summed E-state index contributed by atoms with van der Waals surface area (Å²) in [5, 5.41) is 3.52. The van der Waals surface area contributed by atoms with E-state index in [4.69, 9.17) is 0 Å². The second-order valence-corrected chi connectivity index (χ2v) is 7.91. The van der Waals surface area contributed by atoms with Crippen LogP contribution in [0, 0.1) is 0 Å². The molecule has 1 aliphatic rings. The van der Waals surface area contributed by atoms with Crippen LogP contribution in [0.15, 0.2) is 24.3 Å². The molecule has 0 spiro atoms. The van der Waals surface area contributed by atoms with Crippen LogP contribution in [0.25, 0.3) is 0 Å². The third kappa shape index (κ3) is 3.57. The van der Waals surface area contributed by atoms with Crippen molar-refractivity contribution in [3.8, 4) is 0 Å². The van der Waals surface area contributed by atoms with Crippen molar-refractivity contribution < 1.29 is 0 Å². The summed E-state index contributed by atoms with van der Waals surface area (Å²) >= 11 is 2.07. The summed E-state index contributed by atoms with van der Waals surface area (Å²) in [5.41, 5.74) is 3.04. The van der Waals surface area contributed by atoms with Crippen LogP contribution in [0.4, 0.5) is 0 Å². The Morgan fingerprint density at radius 1 is 1.25 bits per heavy atom. The first-order valence-corrected chi connectivity index (χ1v) is 8.64. The molecule has 2 atom stereocenters. The van der Waals surface area contributed by atoms with E-state index in [0.717, 1.165) is 0 Å². The summed E-state index contributed by atoms with van der Waals surface area (Å²) in [6.45, 7) is 7.99. The van der Waals surface area contributed by atoms with Crippen molar-refractivity contribution in [1.29, 1.82) is 0 Å². The van der Waals surface area contributed by atoms with Crippen molar-refractivity contribution in [2.75, 3.05) is 32.1 Å². The molecular formula is C17H28N2S. The van der Waals surface area contributed by atoms with Gasteiger partial charge >= 0.3 is 0 Å². The van der Waals surface area contributed by atoms with E-state index in [1.54, 1.807) is 0 Å².